The van der Waals surface area contributed by atoms with Gasteiger partial charge in [-0.25, -0.2) is 0 Å². The zero-order valence-corrected chi connectivity index (χ0v) is 8.86. The number of nitrogens with two attached hydrogens (primary N) is 1. The number of hydrogen-bond acceptors (Lipinski definition) is 3. The van der Waals surface area contributed by atoms with Gasteiger partial charge >= 0.3 is 6.15 Å². The molecule has 0 saturated heterocycles. The second-order valence-corrected chi connectivity index (χ2v) is 2.81. The van der Waals surface area contributed by atoms with Crippen LogP contribution in [0.3, 0.4) is 0 Å². The Morgan fingerprint density at radius 3 is 2.53 bits per heavy atom. The average molecular weight is 206 g/mol. The fraction of sp³-hybridized carbons (Fsp3) is 0.273. The second kappa shape index (κ2) is 7.47. The van der Waals surface area contributed by atoms with Gasteiger partial charge in [0.05, 0.1) is 0 Å². The number of nitrogens with zero attached hydrogens (tertiary/aromatic N) is 1. The highest BCUT2D eigenvalue weighted by Gasteiger charge is 1.95. The van der Waals surface area contributed by atoms with Gasteiger partial charge in [-0.05, 0) is 19.9 Å². The molecular weight excluding hydrogens is 192 g/mol. The van der Waals surface area contributed by atoms with Crippen molar-refractivity contribution in [1.29, 1.82) is 0 Å². The fourth-order valence-corrected chi connectivity index (χ4v) is 1.07. The Labute approximate surface area is 88.8 Å². The summed E-state index contributed by atoms with van der Waals surface area (Å²) in [6.45, 7) is 4.76. The van der Waals surface area contributed by atoms with Crippen molar-refractivity contribution < 1.29 is 9.59 Å². The van der Waals surface area contributed by atoms with E-state index in [1.807, 2.05) is 38.1 Å². The van der Waals surface area contributed by atoms with E-state index in [0.717, 1.165) is 12.1 Å². The second-order valence-electron chi connectivity index (χ2n) is 2.81. The average Bonchev–Trinajstić information content (AvgIpc) is 2.19. The minimum absolute atomic E-state index is 0.250. The SMILES string of the molecule is CCN=C(N)c1cccc(C)c1.O=C=O. The van der Waals surface area contributed by atoms with Crippen LogP contribution in [0.2, 0.25) is 0 Å². The van der Waals surface area contributed by atoms with Crippen LogP contribution >= 0.6 is 0 Å². The molecule has 1 aromatic carbocycles. The molecule has 0 saturated carbocycles. The summed E-state index contributed by atoms with van der Waals surface area (Å²) >= 11 is 0. The van der Waals surface area contributed by atoms with E-state index in [9.17, 15) is 0 Å². The zero-order chi connectivity index (χ0) is 11.7. The number of rotatable bonds is 2. The first-order chi connectivity index (χ1) is 7.15. The summed E-state index contributed by atoms with van der Waals surface area (Å²) in [5.74, 6) is 0.626. The van der Waals surface area contributed by atoms with Crippen LogP contribution in [-0.4, -0.2) is 18.5 Å². The van der Waals surface area contributed by atoms with Crippen LogP contribution < -0.4 is 5.73 Å². The molecule has 0 aliphatic carbocycles. The Balaban J connectivity index is 0.000000583. The van der Waals surface area contributed by atoms with Gasteiger partial charge in [-0.1, -0.05) is 23.8 Å². The lowest BCUT2D eigenvalue weighted by Crippen LogP contribution is -2.13. The third kappa shape index (κ3) is 5.39. The molecule has 0 heterocycles. The third-order valence-corrected chi connectivity index (χ3v) is 1.64. The first-order valence-electron chi connectivity index (χ1n) is 4.52. The Hall–Kier alpha value is -1.93. The molecule has 0 bridgehead atoms. The van der Waals surface area contributed by atoms with E-state index in [1.54, 1.807) is 0 Å². The van der Waals surface area contributed by atoms with Crippen molar-refractivity contribution in [2.45, 2.75) is 13.8 Å². The predicted molar refractivity (Wildman–Crippen MR) is 57.5 cm³/mol. The summed E-state index contributed by atoms with van der Waals surface area (Å²) in [5.41, 5.74) is 7.95. The zero-order valence-electron chi connectivity index (χ0n) is 8.86. The Kier molecular flexibility index (Phi) is 6.51. The van der Waals surface area contributed by atoms with E-state index in [4.69, 9.17) is 15.3 Å². The summed E-state index contributed by atoms with van der Waals surface area (Å²) in [7, 11) is 0. The maximum Gasteiger partial charge on any atom is 0.373 e. The molecule has 2 N–H and O–H groups in total. The molecule has 15 heavy (non-hydrogen) atoms. The van der Waals surface area contributed by atoms with Crippen molar-refractivity contribution in [1.82, 2.24) is 0 Å². The van der Waals surface area contributed by atoms with Crippen LogP contribution in [0.4, 0.5) is 0 Å². The smallest absolute Gasteiger partial charge is 0.373 e. The van der Waals surface area contributed by atoms with Gasteiger partial charge in [0.25, 0.3) is 0 Å². The number of aryl methyl sites for hydroxylation is 1. The number of aliphatic imine (C=N–C) groups is 1. The van der Waals surface area contributed by atoms with Gasteiger partial charge in [-0.2, -0.15) is 9.59 Å². The summed E-state index contributed by atoms with van der Waals surface area (Å²) in [5, 5.41) is 0. The molecule has 4 heteroatoms. The maximum atomic E-state index is 8.12. The normalized spacial score (nSPS) is 9.87. The van der Waals surface area contributed by atoms with Gasteiger partial charge in [-0.15, -0.1) is 0 Å². The maximum absolute atomic E-state index is 8.12. The fourth-order valence-electron chi connectivity index (χ4n) is 1.07. The van der Waals surface area contributed by atoms with Gasteiger partial charge in [0.2, 0.25) is 0 Å². The molecule has 0 atom stereocenters. The van der Waals surface area contributed by atoms with E-state index in [1.165, 1.54) is 5.56 Å². The predicted octanol–water partition coefficient (Wildman–Crippen LogP) is 1.14. The van der Waals surface area contributed by atoms with Crippen molar-refractivity contribution >= 4 is 12.0 Å². The summed E-state index contributed by atoms with van der Waals surface area (Å²) < 4.78 is 0. The molecular formula is C11H14N2O2. The van der Waals surface area contributed by atoms with Gasteiger partial charge in [0, 0.05) is 12.1 Å². The monoisotopic (exact) mass is 206 g/mol. The minimum Gasteiger partial charge on any atom is -0.384 e. The Morgan fingerprint density at radius 1 is 1.47 bits per heavy atom. The molecule has 80 valence electrons. The number of carbonyl (C=O) groups excluding carboxylic acids is 2. The first-order valence-corrected chi connectivity index (χ1v) is 4.52. The Morgan fingerprint density at radius 2 is 2.07 bits per heavy atom. The first kappa shape index (κ1) is 13.1. The molecule has 0 fully saturated rings. The molecule has 0 aliphatic rings. The van der Waals surface area contributed by atoms with E-state index in [-0.39, 0.29) is 6.15 Å². The Bertz CT molecular complexity index is 367. The van der Waals surface area contributed by atoms with Gasteiger partial charge in [0.1, 0.15) is 5.84 Å². The van der Waals surface area contributed by atoms with Crippen LogP contribution in [0.15, 0.2) is 29.3 Å². The quantitative estimate of drug-likeness (QED) is 0.582. The van der Waals surface area contributed by atoms with Crippen molar-refractivity contribution in [3.05, 3.63) is 35.4 Å². The number of hydrogen-bond donors (Lipinski definition) is 1. The van der Waals surface area contributed by atoms with Crippen molar-refractivity contribution in [2.24, 2.45) is 10.7 Å². The minimum atomic E-state index is 0.250. The highest BCUT2D eigenvalue weighted by atomic mass is 16.2. The van der Waals surface area contributed by atoms with Gasteiger partial charge < -0.3 is 5.73 Å². The highest BCUT2D eigenvalue weighted by molar-refractivity contribution is 5.97. The largest absolute Gasteiger partial charge is 0.384 e. The van der Waals surface area contributed by atoms with Gasteiger partial charge in [-0.3, -0.25) is 4.99 Å². The summed E-state index contributed by atoms with van der Waals surface area (Å²) in [4.78, 5) is 20.4. The summed E-state index contributed by atoms with van der Waals surface area (Å²) in [6.07, 6.45) is 0.250. The van der Waals surface area contributed by atoms with Crippen LogP contribution in [-0.2, 0) is 9.59 Å². The van der Waals surface area contributed by atoms with Crippen molar-refractivity contribution in [3.8, 4) is 0 Å². The molecule has 1 aromatic rings. The molecule has 0 radical (unpaired) electrons. The molecule has 0 spiro atoms. The third-order valence-electron chi connectivity index (χ3n) is 1.64. The van der Waals surface area contributed by atoms with Crippen LogP contribution in [0.5, 0.6) is 0 Å². The molecule has 0 aliphatic heterocycles. The van der Waals surface area contributed by atoms with E-state index >= 15 is 0 Å². The van der Waals surface area contributed by atoms with E-state index in [2.05, 4.69) is 4.99 Å². The molecule has 0 amide bonds. The lowest BCUT2D eigenvalue weighted by Gasteiger charge is -2.00. The molecule has 0 unspecified atom stereocenters. The van der Waals surface area contributed by atoms with Crippen molar-refractivity contribution in [2.75, 3.05) is 6.54 Å². The topological polar surface area (TPSA) is 72.5 Å². The molecule has 0 aromatic heterocycles. The lowest BCUT2D eigenvalue weighted by molar-refractivity contribution is -0.191. The standard InChI is InChI=1S/C10H14N2.CO2/c1-3-12-10(11)9-6-4-5-8(2)7-9;2-1-3/h4-7H,3H2,1-2H3,(H2,11,12);. The van der Waals surface area contributed by atoms with Crippen LogP contribution in [0, 0.1) is 6.92 Å². The van der Waals surface area contributed by atoms with Crippen LogP contribution in [0.25, 0.3) is 0 Å². The van der Waals surface area contributed by atoms with E-state index < -0.39 is 0 Å². The summed E-state index contributed by atoms with van der Waals surface area (Å²) in [6, 6.07) is 8.04. The van der Waals surface area contributed by atoms with Crippen LogP contribution in [0.1, 0.15) is 18.1 Å². The number of benzene rings is 1. The van der Waals surface area contributed by atoms with E-state index in [0.29, 0.717) is 5.84 Å². The van der Waals surface area contributed by atoms with Gasteiger partial charge in [0.15, 0.2) is 0 Å². The highest BCUT2D eigenvalue weighted by Crippen LogP contribution is 2.02. The number of amidine groups is 1. The van der Waals surface area contributed by atoms with Crippen molar-refractivity contribution in [3.63, 3.8) is 0 Å². The lowest BCUT2D eigenvalue weighted by atomic mass is 10.1. The molecule has 1 rings (SSSR count). The molecule has 4 nitrogen and oxygen atoms in total.